The predicted octanol–water partition coefficient (Wildman–Crippen LogP) is 3.78. The van der Waals surface area contributed by atoms with Crippen molar-refractivity contribution in [3.05, 3.63) is 76.3 Å². The minimum atomic E-state index is -0.401. The lowest BCUT2D eigenvalue weighted by molar-refractivity contribution is -0.115. The van der Waals surface area contributed by atoms with Crippen LogP contribution in [0, 0.1) is 11.3 Å². The number of thioether (sulfide) groups is 1. The molecule has 2 aromatic carbocycles. The van der Waals surface area contributed by atoms with E-state index in [1.807, 2.05) is 30.5 Å². The van der Waals surface area contributed by atoms with Crippen LogP contribution in [0.4, 0.5) is 4.79 Å². The summed E-state index contributed by atoms with van der Waals surface area (Å²) in [5, 5.41) is 11.9. The number of H-pyrrole nitrogens is 1. The van der Waals surface area contributed by atoms with E-state index in [0.29, 0.717) is 16.0 Å². The quantitative estimate of drug-likeness (QED) is 0.692. The molecule has 2 amide bonds. The molecule has 0 atom stereocenters. The summed E-state index contributed by atoms with van der Waals surface area (Å²) in [5.74, 6) is -0.401. The highest BCUT2D eigenvalue weighted by Gasteiger charge is 2.30. The zero-order chi connectivity index (χ0) is 17.4. The second kappa shape index (κ2) is 5.96. The summed E-state index contributed by atoms with van der Waals surface area (Å²) < 4.78 is 0. The summed E-state index contributed by atoms with van der Waals surface area (Å²) in [6, 6.07) is 16.8. The Kier molecular flexibility index (Phi) is 3.64. The van der Waals surface area contributed by atoms with E-state index in [2.05, 4.69) is 16.4 Å². The molecule has 2 heterocycles. The summed E-state index contributed by atoms with van der Waals surface area (Å²) in [4.78, 5) is 27.5. The molecule has 5 nitrogen and oxygen atoms in total. The molecule has 1 aliphatic rings. The van der Waals surface area contributed by atoms with Gasteiger partial charge in [-0.2, -0.15) is 5.26 Å². The summed E-state index contributed by atoms with van der Waals surface area (Å²) in [6.07, 6.45) is 1.84. The average molecular weight is 345 g/mol. The minimum absolute atomic E-state index is 0.364. The number of nitrogens with one attached hydrogen (secondary N) is 2. The van der Waals surface area contributed by atoms with Crippen molar-refractivity contribution in [1.29, 1.82) is 5.26 Å². The average Bonchev–Trinajstić information content (AvgIpc) is 3.23. The van der Waals surface area contributed by atoms with Gasteiger partial charge in [0.25, 0.3) is 11.1 Å². The molecule has 1 fully saturated rings. The molecule has 25 heavy (non-hydrogen) atoms. The molecule has 6 heteroatoms. The molecule has 0 unspecified atom stereocenters. The number of nitrogens with zero attached hydrogens (tertiary/aromatic N) is 1. The topological polar surface area (TPSA) is 85.8 Å². The summed E-state index contributed by atoms with van der Waals surface area (Å²) in [7, 11) is 0. The first kappa shape index (κ1) is 15.2. The monoisotopic (exact) mass is 345 g/mol. The molecular weight excluding hydrogens is 334 g/mol. The highest BCUT2D eigenvalue weighted by molar-refractivity contribution is 8.18. The first-order chi connectivity index (χ1) is 12.2. The van der Waals surface area contributed by atoms with Crippen LogP contribution in [0.2, 0.25) is 0 Å². The Morgan fingerprint density at radius 2 is 1.84 bits per heavy atom. The van der Waals surface area contributed by atoms with Gasteiger partial charge in [-0.1, -0.05) is 24.3 Å². The number of hydrogen-bond acceptors (Lipinski definition) is 4. The molecule has 1 saturated heterocycles. The Morgan fingerprint density at radius 1 is 1.04 bits per heavy atom. The lowest BCUT2D eigenvalue weighted by atomic mass is 9.94. The lowest BCUT2D eigenvalue weighted by Gasteiger charge is -2.12. The van der Waals surface area contributed by atoms with Crippen molar-refractivity contribution in [1.82, 2.24) is 10.3 Å². The van der Waals surface area contributed by atoms with E-state index in [0.717, 1.165) is 33.8 Å². The molecule has 1 aromatic heterocycles. The van der Waals surface area contributed by atoms with Crippen LogP contribution in [-0.4, -0.2) is 16.1 Å². The van der Waals surface area contributed by atoms with Crippen molar-refractivity contribution < 1.29 is 9.59 Å². The predicted molar refractivity (Wildman–Crippen MR) is 96.6 cm³/mol. The number of imide groups is 1. The van der Waals surface area contributed by atoms with Gasteiger partial charge in [0.1, 0.15) is 0 Å². The second-order valence-corrected chi connectivity index (χ2v) is 6.46. The standard InChI is InChI=1S/C19H11N3O2S/c20-10-11-4-6-12(7-5-11)16(17-18(23)22-19(24)25-17)14-2-1-3-15-13(14)8-9-21-15/h1-9,21H,(H,22,23,24). The van der Waals surface area contributed by atoms with Crippen molar-refractivity contribution >= 4 is 39.4 Å². The number of rotatable bonds is 2. The van der Waals surface area contributed by atoms with Crippen LogP contribution in [0.3, 0.4) is 0 Å². The maximum atomic E-state index is 12.3. The molecular formula is C19H11N3O2S. The zero-order valence-electron chi connectivity index (χ0n) is 12.9. The van der Waals surface area contributed by atoms with Gasteiger partial charge in [0.05, 0.1) is 16.5 Å². The van der Waals surface area contributed by atoms with Crippen molar-refractivity contribution in [2.24, 2.45) is 0 Å². The molecule has 0 saturated carbocycles. The Morgan fingerprint density at radius 3 is 2.52 bits per heavy atom. The van der Waals surface area contributed by atoms with Gasteiger partial charge in [-0.15, -0.1) is 0 Å². The van der Waals surface area contributed by atoms with Crippen LogP contribution < -0.4 is 5.32 Å². The van der Waals surface area contributed by atoms with E-state index >= 15 is 0 Å². The fourth-order valence-corrected chi connectivity index (χ4v) is 3.71. The maximum absolute atomic E-state index is 12.3. The number of aromatic amines is 1. The SMILES string of the molecule is N#Cc1ccc(C(=C2SC(=O)NC2=O)c2cccc3[nH]ccc23)cc1. The van der Waals surface area contributed by atoms with Gasteiger partial charge in [0.15, 0.2) is 0 Å². The number of aromatic nitrogens is 1. The number of fused-ring (bicyclic) bond motifs is 1. The van der Waals surface area contributed by atoms with E-state index in [1.165, 1.54) is 0 Å². The van der Waals surface area contributed by atoms with E-state index < -0.39 is 5.91 Å². The smallest absolute Gasteiger partial charge is 0.290 e. The van der Waals surface area contributed by atoms with E-state index in [4.69, 9.17) is 5.26 Å². The Labute approximate surface area is 147 Å². The van der Waals surface area contributed by atoms with Crippen LogP contribution >= 0.6 is 11.8 Å². The van der Waals surface area contributed by atoms with Crippen molar-refractivity contribution in [2.75, 3.05) is 0 Å². The number of carbonyl (C=O) groups excluding carboxylic acids is 2. The molecule has 120 valence electrons. The number of amides is 2. The van der Waals surface area contributed by atoms with Gasteiger partial charge in [-0.05, 0) is 47.2 Å². The third kappa shape index (κ3) is 2.61. The molecule has 0 aliphatic carbocycles. The van der Waals surface area contributed by atoms with Crippen LogP contribution in [0.25, 0.3) is 16.5 Å². The third-order valence-electron chi connectivity index (χ3n) is 4.01. The van der Waals surface area contributed by atoms with E-state index in [-0.39, 0.29) is 5.24 Å². The zero-order valence-corrected chi connectivity index (χ0v) is 13.7. The fourth-order valence-electron chi connectivity index (χ4n) is 2.90. The largest absolute Gasteiger partial charge is 0.361 e. The Hall–Kier alpha value is -3.30. The minimum Gasteiger partial charge on any atom is -0.361 e. The van der Waals surface area contributed by atoms with Gasteiger partial charge >= 0.3 is 0 Å². The molecule has 3 aromatic rings. The van der Waals surface area contributed by atoms with Gasteiger partial charge in [-0.3, -0.25) is 14.9 Å². The fraction of sp³-hybridized carbons (Fsp3) is 0. The number of carbonyl (C=O) groups is 2. The summed E-state index contributed by atoms with van der Waals surface area (Å²) in [5.41, 5.74) is 3.80. The van der Waals surface area contributed by atoms with Crippen LogP contribution in [0.1, 0.15) is 16.7 Å². The van der Waals surface area contributed by atoms with Crippen molar-refractivity contribution in [3.63, 3.8) is 0 Å². The summed E-state index contributed by atoms with van der Waals surface area (Å²) in [6.45, 7) is 0. The highest BCUT2D eigenvalue weighted by atomic mass is 32.2. The Balaban J connectivity index is 2.01. The van der Waals surface area contributed by atoms with E-state index in [9.17, 15) is 9.59 Å². The van der Waals surface area contributed by atoms with Gasteiger partial charge in [0.2, 0.25) is 0 Å². The van der Waals surface area contributed by atoms with Gasteiger partial charge < -0.3 is 4.98 Å². The molecule has 0 spiro atoms. The molecule has 0 radical (unpaired) electrons. The molecule has 1 aliphatic heterocycles. The summed E-state index contributed by atoms with van der Waals surface area (Å²) >= 11 is 0.897. The highest BCUT2D eigenvalue weighted by Crippen LogP contribution is 2.38. The van der Waals surface area contributed by atoms with Gasteiger partial charge in [0, 0.05) is 22.7 Å². The number of hydrogen-bond donors (Lipinski definition) is 2. The first-order valence-corrected chi connectivity index (χ1v) is 8.33. The normalized spacial score (nSPS) is 16.0. The third-order valence-corrected chi connectivity index (χ3v) is 4.89. The van der Waals surface area contributed by atoms with Crippen LogP contribution in [0.5, 0.6) is 0 Å². The second-order valence-electron chi connectivity index (χ2n) is 5.48. The number of benzene rings is 2. The van der Waals surface area contributed by atoms with Gasteiger partial charge in [-0.25, -0.2) is 0 Å². The van der Waals surface area contributed by atoms with Crippen LogP contribution in [0.15, 0.2) is 59.6 Å². The van der Waals surface area contributed by atoms with Crippen molar-refractivity contribution in [3.8, 4) is 6.07 Å². The molecule has 0 bridgehead atoms. The van der Waals surface area contributed by atoms with Crippen LogP contribution in [-0.2, 0) is 4.79 Å². The molecule has 2 N–H and O–H groups in total. The van der Waals surface area contributed by atoms with Crippen molar-refractivity contribution in [2.45, 2.75) is 0 Å². The Bertz CT molecular complexity index is 1090. The number of nitriles is 1. The molecule has 4 rings (SSSR count). The lowest BCUT2D eigenvalue weighted by Crippen LogP contribution is -2.18. The maximum Gasteiger partial charge on any atom is 0.290 e. The first-order valence-electron chi connectivity index (χ1n) is 7.52. The van der Waals surface area contributed by atoms with E-state index in [1.54, 1.807) is 24.3 Å².